The molecule has 2 rings (SSSR count). The van der Waals surface area contributed by atoms with Gasteiger partial charge in [0.25, 0.3) is 6.20 Å². The van der Waals surface area contributed by atoms with Crippen LogP contribution in [0.5, 0.6) is 11.5 Å². The van der Waals surface area contributed by atoms with Crippen molar-refractivity contribution in [2.45, 2.75) is 6.54 Å². The van der Waals surface area contributed by atoms with Gasteiger partial charge in [-0.25, -0.2) is 0 Å². The molecule has 2 N–H and O–H groups in total. The van der Waals surface area contributed by atoms with Crippen molar-refractivity contribution < 1.29 is 14.4 Å². The fraction of sp³-hybridized carbons (Fsp3) is 0.273. The van der Waals surface area contributed by atoms with Crippen molar-refractivity contribution in [1.82, 2.24) is 10.6 Å². The van der Waals surface area contributed by atoms with Crippen molar-refractivity contribution >= 4 is 0 Å². The van der Waals surface area contributed by atoms with Gasteiger partial charge in [0.1, 0.15) is 0 Å². The summed E-state index contributed by atoms with van der Waals surface area (Å²) < 4.78 is 10.4. The average molecular weight is 251 g/mol. The molecule has 0 saturated heterocycles. The summed E-state index contributed by atoms with van der Waals surface area (Å²) in [6, 6.07) is 5.53. The van der Waals surface area contributed by atoms with E-state index in [0.717, 1.165) is 11.8 Å². The van der Waals surface area contributed by atoms with Gasteiger partial charge in [-0.15, -0.1) is 0 Å². The molecule has 18 heavy (non-hydrogen) atoms. The summed E-state index contributed by atoms with van der Waals surface area (Å²) in [4.78, 5) is 9.83. The van der Waals surface area contributed by atoms with E-state index >= 15 is 0 Å². The number of ether oxygens (including phenoxy) is 2. The van der Waals surface area contributed by atoms with Gasteiger partial charge in [-0.05, 0) is 17.7 Å². The van der Waals surface area contributed by atoms with Crippen molar-refractivity contribution in [2.24, 2.45) is 0 Å². The van der Waals surface area contributed by atoms with Crippen LogP contribution in [-0.2, 0) is 6.54 Å². The minimum Gasteiger partial charge on any atom is -0.454 e. The highest BCUT2D eigenvalue weighted by Gasteiger charge is 2.13. The molecule has 0 amide bonds. The Kier molecular flexibility index (Phi) is 3.52. The number of rotatable bonds is 5. The van der Waals surface area contributed by atoms with Crippen molar-refractivity contribution in [3.63, 3.8) is 0 Å². The van der Waals surface area contributed by atoms with Gasteiger partial charge in [-0.3, -0.25) is 10.1 Å². The largest absolute Gasteiger partial charge is 0.454 e. The quantitative estimate of drug-likeness (QED) is 0.594. The molecule has 0 spiro atoms. The number of hydrogen-bond acceptors (Lipinski definition) is 6. The molecule has 0 atom stereocenters. The van der Waals surface area contributed by atoms with Crippen molar-refractivity contribution in [2.75, 3.05) is 13.8 Å². The van der Waals surface area contributed by atoms with Gasteiger partial charge in [0.15, 0.2) is 17.3 Å². The van der Waals surface area contributed by atoms with Crippen LogP contribution < -0.4 is 20.1 Å². The molecule has 1 aliphatic rings. The van der Waals surface area contributed by atoms with Crippen LogP contribution in [0.4, 0.5) is 0 Å². The third kappa shape index (κ3) is 2.82. The van der Waals surface area contributed by atoms with E-state index in [-0.39, 0.29) is 6.79 Å². The van der Waals surface area contributed by atoms with Gasteiger partial charge in [-0.1, -0.05) is 6.07 Å². The molecule has 0 radical (unpaired) electrons. The first-order chi connectivity index (χ1) is 8.69. The molecule has 0 fully saturated rings. The summed E-state index contributed by atoms with van der Waals surface area (Å²) in [5, 5.41) is 16.0. The first kappa shape index (κ1) is 12.0. The smallest absolute Gasteiger partial charge is 0.274 e. The second-order valence-electron chi connectivity index (χ2n) is 3.62. The summed E-state index contributed by atoms with van der Waals surface area (Å²) in [6.45, 7) is 0.687. The molecule has 0 unspecified atom stereocenters. The van der Waals surface area contributed by atoms with Gasteiger partial charge in [-0.2, -0.15) is 0 Å². The molecule has 0 aromatic heterocycles. The highest BCUT2D eigenvalue weighted by atomic mass is 16.7. The van der Waals surface area contributed by atoms with Crippen LogP contribution >= 0.6 is 0 Å². The normalized spacial score (nSPS) is 13.3. The lowest BCUT2D eigenvalue weighted by Crippen LogP contribution is -2.24. The Hall–Kier alpha value is -2.44. The SMILES string of the molecule is CN/C(=C\[N+](=O)[O-])NCc1ccc2c(c1)OCO2. The van der Waals surface area contributed by atoms with E-state index in [2.05, 4.69) is 10.6 Å². The third-order valence-corrected chi connectivity index (χ3v) is 2.42. The Morgan fingerprint density at radius 3 is 3.00 bits per heavy atom. The monoisotopic (exact) mass is 251 g/mol. The molecule has 1 aliphatic heterocycles. The molecule has 1 heterocycles. The Balaban J connectivity index is 2.00. The highest BCUT2D eigenvalue weighted by molar-refractivity contribution is 5.44. The zero-order valence-electron chi connectivity index (χ0n) is 9.80. The van der Waals surface area contributed by atoms with Crippen LogP contribution in [0.2, 0.25) is 0 Å². The maximum Gasteiger partial charge on any atom is 0.274 e. The van der Waals surface area contributed by atoms with Crippen LogP contribution in [0.1, 0.15) is 5.56 Å². The molecule has 0 bridgehead atoms. The van der Waals surface area contributed by atoms with Gasteiger partial charge in [0.05, 0.1) is 4.92 Å². The standard InChI is InChI=1S/C11H13N3O4/c1-12-11(6-14(15)16)13-5-8-2-3-9-10(4-8)18-7-17-9/h2-4,6,12-13H,5,7H2,1H3/b11-6+. The first-order valence-corrected chi connectivity index (χ1v) is 5.34. The van der Waals surface area contributed by atoms with Crippen molar-refractivity contribution in [3.05, 3.63) is 45.9 Å². The van der Waals surface area contributed by atoms with E-state index in [1.54, 1.807) is 7.05 Å². The zero-order chi connectivity index (χ0) is 13.0. The summed E-state index contributed by atoms with van der Waals surface area (Å²) >= 11 is 0. The molecule has 96 valence electrons. The van der Waals surface area contributed by atoms with E-state index in [9.17, 15) is 10.1 Å². The fourth-order valence-electron chi connectivity index (χ4n) is 1.55. The van der Waals surface area contributed by atoms with Gasteiger partial charge in [0.2, 0.25) is 6.79 Å². The maximum atomic E-state index is 10.3. The Morgan fingerprint density at radius 1 is 1.50 bits per heavy atom. The number of nitro groups is 1. The topological polar surface area (TPSA) is 85.7 Å². The summed E-state index contributed by atoms with van der Waals surface area (Å²) in [6.07, 6.45) is 0.882. The maximum absolute atomic E-state index is 10.3. The number of nitrogens with one attached hydrogen (secondary N) is 2. The van der Waals surface area contributed by atoms with Gasteiger partial charge >= 0.3 is 0 Å². The lowest BCUT2D eigenvalue weighted by Gasteiger charge is -2.08. The van der Waals surface area contributed by atoms with Crippen LogP contribution in [0.15, 0.2) is 30.2 Å². The van der Waals surface area contributed by atoms with Crippen LogP contribution in [-0.4, -0.2) is 18.8 Å². The number of nitrogens with zero attached hydrogens (tertiary/aromatic N) is 1. The van der Waals surface area contributed by atoms with Gasteiger partial charge < -0.3 is 20.1 Å². The van der Waals surface area contributed by atoms with E-state index in [1.165, 1.54) is 0 Å². The Morgan fingerprint density at radius 2 is 2.28 bits per heavy atom. The van der Waals surface area contributed by atoms with Crippen LogP contribution in [0.25, 0.3) is 0 Å². The van der Waals surface area contributed by atoms with Gasteiger partial charge in [0, 0.05) is 13.6 Å². The minimum absolute atomic E-state index is 0.231. The average Bonchev–Trinajstić information content (AvgIpc) is 2.81. The third-order valence-electron chi connectivity index (χ3n) is 2.42. The number of hydrogen-bond donors (Lipinski definition) is 2. The Bertz CT molecular complexity index is 487. The minimum atomic E-state index is -0.515. The predicted molar refractivity (Wildman–Crippen MR) is 63.5 cm³/mol. The van der Waals surface area contributed by atoms with Crippen LogP contribution in [0, 0.1) is 10.1 Å². The summed E-state index contributed by atoms with van der Waals surface area (Å²) in [7, 11) is 1.61. The Labute approximate surface area is 104 Å². The summed E-state index contributed by atoms with van der Waals surface area (Å²) in [5.74, 6) is 1.75. The number of benzene rings is 1. The molecule has 7 nitrogen and oxygen atoms in total. The first-order valence-electron chi connectivity index (χ1n) is 5.34. The molecular weight excluding hydrogens is 238 g/mol. The highest BCUT2D eigenvalue weighted by Crippen LogP contribution is 2.32. The van der Waals surface area contributed by atoms with Crippen molar-refractivity contribution in [1.29, 1.82) is 0 Å². The van der Waals surface area contributed by atoms with E-state index < -0.39 is 4.92 Å². The lowest BCUT2D eigenvalue weighted by atomic mass is 10.2. The summed E-state index contributed by atoms with van der Waals surface area (Å²) in [5.41, 5.74) is 0.948. The predicted octanol–water partition coefficient (Wildman–Crippen LogP) is 0.800. The lowest BCUT2D eigenvalue weighted by molar-refractivity contribution is -0.404. The van der Waals surface area contributed by atoms with E-state index in [0.29, 0.717) is 23.9 Å². The molecular formula is C11H13N3O4. The zero-order valence-corrected chi connectivity index (χ0v) is 9.80. The molecule has 1 aromatic rings. The van der Waals surface area contributed by atoms with Crippen LogP contribution in [0.3, 0.4) is 0 Å². The molecule has 0 saturated carbocycles. The fourth-order valence-corrected chi connectivity index (χ4v) is 1.55. The second kappa shape index (κ2) is 5.26. The second-order valence-corrected chi connectivity index (χ2v) is 3.62. The molecule has 1 aromatic carbocycles. The molecule has 0 aliphatic carbocycles. The van der Waals surface area contributed by atoms with Crippen molar-refractivity contribution in [3.8, 4) is 11.5 Å². The van der Waals surface area contributed by atoms with E-state index in [4.69, 9.17) is 9.47 Å². The molecule has 7 heteroatoms. The number of fused-ring (bicyclic) bond motifs is 1. The van der Waals surface area contributed by atoms with E-state index in [1.807, 2.05) is 18.2 Å².